The van der Waals surface area contributed by atoms with Gasteiger partial charge in [0.2, 0.25) is 5.82 Å². The Hall–Kier alpha value is -1.63. The standard InChI is InChI=1S/C13H22N4O3/c1-4-5-10-12(17(19)20)13(15(3)14-10)16-7-6-11(18)9(2)8-16/h9,11,18H,4-8H2,1-3H3. The maximum Gasteiger partial charge on any atom is 0.334 e. The van der Waals surface area contributed by atoms with Crippen LogP contribution in [-0.2, 0) is 13.5 Å². The van der Waals surface area contributed by atoms with Crippen molar-refractivity contribution in [3.63, 3.8) is 0 Å². The third-order valence-corrected chi connectivity index (χ3v) is 3.89. The predicted octanol–water partition coefficient (Wildman–Crippen LogP) is 1.49. The van der Waals surface area contributed by atoms with Crippen molar-refractivity contribution in [2.24, 2.45) is 13.0 Å². The molecule has 1 aromatic rings. The predicted molar refractivity (Wildman–Crippen MR) is 75.9 cm³/mol. The maximum atomic E-state index is 11.4. The van der Waals surface area contributed by atoms with Gasteiger partial charge >= 0.3 is 5.69 Å². The average molecular weight is 282 g/mol. The van der Waals surface area contributed by atoms with E-state index < -0.39 is 0 Å². The van der Waals surface area contributed by atoms with Crippen LogP contribution in [0.1, 0.15) is 32.4 Å². The zero-order valence-electron chi connectivity index (χ0n) is 12.2. The molecule has 1 aromatic heterocycles. The Morgan fingerprint density at radius 1 is 1.55 bits per heavy atom. The van der Waals surface area contributed by atoms with Crippen molar-refractivity contribution in [2.75, 3.05) is 18.0 Å². The monoisotopic (exact) mass is 282 g/mol. The minimum Gasteiger partial charge on any atom is -0.393 e. The zero-order chi connectivity index (χ0) is 14.9. The molecule has 1 fully saturated rings. The van der Waals surface area contributed by atoms with E-state index in [-0.39, 0.29) is 22.6 Å². The van der Waals surface area contributed by atoms with Crippen molar-refractivity contribution in [1.82, 2.24) is 9.78 Å². The number of aliphatic hydroxyl groups is 1. The number of aromatic nitrogens is 2. The van der Waals surface area contributed by atoms with Gasteiger partial charge in [-0.15, -0.1) is 0 Å². The lowest BCUT2D eigenvalue weighted by Gasteiger charge is -2.35. The molecule has 0 bridgehead atoms. The Morgan fingerprint density at radius 3 is 2.80 bits per heavy atom. The number of anilines is 1. The third kappa shape index (κ3) is 2.63. The molecular formula is C13H22N4O3. The molecule has 1 saturated heterocycles. The smallest absolute Gasteiger partial charge is 0.334 e. The molecule has 1 aliphatic rings. The van der Waals surface area contributed by atoms with Gasteiger partial charge in [-0.2, -0.15) is 5.10 Å². The molecule has 2 heterocycles. The summed E-state index contributed by atoms with van der Waals surface area (Å²) in [5.74, 6) is 0.671. The molecule has 1 N–H and O–H groups in total. The molecule has 0 aromatic carbocycles. The third-order valence-electron chi connectivity index (χ3n) is 3.89. The molecule has 0 saturated carbocycles. The van der Waals surface area contributed by atoms with Gasteiger partial charge in [0.15, 0.2) is 0 Å². The van der Waals surface area contributed by atoms with Crippen LogP contribution in [0.5, 0.6) is 0 Å². The molecule has 0 spiro atoms. The van der Waals surface area contributed by atoms with Crippen molar-refractivity contribution in [3.8, 4) is 0 Å². The van der Waals surface area contributed by atoms with Gasteiger partial charge in [0, 0.05) is 20.1 Å². The number of hydrogen-bond acceptors (Lipinski definition) is 5. The Labute approximate surface area is 118 Å². The Balaban J connectivity index is 2.37. The number of aryl methyl sites for hydroxylation is 2. The molecular weight excluding hydrogens is 260 g/mol. The van der Waals surface area contributed by atoms with E-state index in [4.69, 9.17) is 0 Å². The van der Waals surface area contributed by atoms with Gasteiger partial charge in [-0.25, -0.2) is 4.68 Å². The molecule has 7 nitrogen and oxygen atoms in total. The lowest BCUT2D eigenvalue weighted by atomic mass is 9.97. The van der Waals surface area contributed by atoms with E-state index in [0.29, 0.717) is 37.4 Å². The SMILES string of the molecule is CCCc1nn(C)c(N2CCC(O)C(C)C2)c1[N+](=O)[O-]. The number of hydrogen-bond donors (Lipinski definition) is 1. The van der Waals surface area contributed by atoms with Gasteiger partial charge < -0.3 is 10.0 Å². The first-order chi connectivity index (χ1) is 9.45. The number of rotatable bonds is 4. The summed E-state index contributed by atoms with van der Waals surface area (Å²) in [4.78, 5) is 13.0. The Morgan fingerprint density at radius 2 is 2.25 bits per heavy atom. The topological polar surface area (TPSA) is 84.4 Å². The molecule has 0 radical (unpaired) electrons. The molecule has 0 amide bonds. The second kappa shape index (κ2) is 5.78. The van der Waals surface area contributed by atoms with Crippen LogP contribution in [0.2, 0.25) is 0 Å². The highest BCUT2D eigenvalue weighted by Crippen LogP contribution is 2.34. The molecule has 20 heavy (non-hydrogen) atoms. The van der Waals surface area contributed by atoms with Crippen molar-refractivity contribution in [1.29, 1.82) is 0 Å². The normalized spacial score (nSPS) is 23.1. The van der Waals surface area contributed by atoms with E-state index in [0.717, 1.165) is 6.42 Å². The first-order valence-electron chi connectivity index (χ1n) is 7.09. The van der Waals surface area contributed by atoms with Crippen molar-refractivity contribution < 1.29 is 10.0 Å². The molecule has 2 atom stereocenters. The summed E-state index contributed by atoms with van der Waals surface area (Å²) in [6.07, 6.45) is 1.74. The van der Waals surface area contributed by atoms with Crippen LogP contribution in [-0.4, -0.2) is 39.0 Å². The largest absolute Gasteiger partial charge is 0.393 e. The van der Waals surface area contributed by atoms with Crippen molar-refractivity contribution in [2.45, 2.75) is 39.2 Å². The summed E-state index contributed by atoms with van der Waals surface area (Å²) in [5.41, 5.74) is 0.673. The van der Waals surface area contributed by atoms with Crippen LogP contribution in [0.15, 0.2) is 0 Å². The second-order valence-corrected chi connectivity index (χ2v) is 5.53. The summed E-state index contributed by atoms with van der Waals surface area (Å²) < 4.78 is 1.60. The van der Waals surface area contributed by atoms with Crippen LogP contribution in [0.4, 0.5) is 11.5 Å². The van der Waals surface area contributed by atoms with E-state index in [2.05, 4.69) is 5.10 Å². The summed E-state index contributed by atoms with van der Waals surface area (Å²) in [5, 5.41) is 25.5. The fraction of sp³-hybridized carbons (Fsp3) is 0.769. The number of aliphatic hydroxyl groups excluding tert-OH is 1. The van der Waals surface area contributed by atoms with E-state index in [9.17, 15) is 15.2 Å². The van der Waals surface area contributed by atoms with Crippen LogP contribution < -0.4 is 4.90 Å². The lowest BCUT2D eigenvalue weighted by molar-refractivity contribution is -0.384. The summed E-state index contributed by atoms with van der Waals surface area (Å²) in [6, 6.07) is 0. The van der Waals surface area contributed by atoms with Gasteiger partial charge in [0.25, 0.3) is 0 Å². The second-order valence-electron chi connectivity index (χ2n) is 5.53. The van der Waals surface area contributed by atoms with Crippen LogP contribution >= 0.6 is 0 Å². The molecule has 1 aliphatic heterocycles. The van der Waals surface area contributed by atoms with Crippen molar-refractivity contribution >= 4 is 11.5 Å². The van der Waals surface area contributed by atoms with Crippen LogP contribution in [0, 0.1) is 16.0 Å². The fourth-order valence-electron chi connectivity index (χ4n) is 2.83. The Bertz CT molecular complexity index is 500. The molecule has 0 aliphatic carbocycles. The molecule has 112 valence electrons. The number of nitro groups is 1. The van der Waals surface area contributed by atoms with Gasteiger partial charge in [0.05, 0.1) is 11.0 Å². The number of piperidine rings is 1. The van der Waals surface area contributed by atoms with Gasteiger partial charge in [-0.3, -0.25) is 10.1 Å². The molecule has 2 rings (SSSR count). The summed E-state index contributed by atoms with van der Waals surface area (Å²) in [7, 11) is 1.75. The zero-order valence-corrected chi connectivity index (χ0v) is 12.2. The highest BCUT2D eigenvalue weighted by Gasteiger charge is 2.33. The van der Waals surface area contributed by atoms with Gasteiger partial charge in [0.1, 0.15) is 5.69 Å². The Kier molecular flexibility index (Phi) is 4.27. The first kappa shape index (κ1) is 14.8. The van der Waals surface area contributed by atoms with Crippen LogP contribution in [0.25, 0.3) is 0 Å². The average Bonchev–Trinajstić information content (AvgIpc) is 2.70. The quantitative estimate of drug-likeness (QED) is 0.668. The van der Waals surface area contributed by atoms with Crippen LogP contribution in [0.3, 0.4) is 0 Å². The van der Waals surface area contributed by atoms with E-state index in [1.54, 1.807) is 11.7 Å². The first-order valence-corrected chi connectivity index (χ1v) is 7.09. The molecule has 2 unspecified atom stereocenters. The van der Waals surface area contributed by atoms with Crippen molar-refractivity contribution in [3.05, 3.63) is 15.8 Å². The molecule has 7 heteroatoms. The number of nitrogens with zero attached hydrogens (tertiary/aromatic N) is 4. The fourth-order valence-corrected chi connectivity index (χ4v) is 2.83. The van der Waals surface area contributed by atoms with Gasteiger partial charge in [-0.1, -0.05) is 20.3 Å². The van der Waals surface area contributed by atoms with E-state index in [1.807, 2.05) is 18.7 Å². The van der Waals surface area contributed by atoms with Gasteiger partial charge in [-0.05, 0) is 18.8 Å². The highest BCUT2D eigenvalue weighted by atomic mass is 16.6. The summed E-state index contributed by atoms with van der Waals surface area (Å²) >= 11 is 0. The minimum atomic E-state index is -0.330. The van der Waals surface area contributed by atoms with E-state index >= 15 is 0 Å². The summed E-state index contributed by atoms with van der Waals surface area (Å²) in [6.45, 7) is 5.19. The van der Waals surface area contributed by atoms with E-state index in [1.165, 1.54) is 0 Å². The minimum absolute atomic E-state index is 0.105. The maximum absolute atomic E-state index is 11.4. The lowest BCUT2D eigenvalue weighted by Crippen LogP contribution is -2.42. The highest BCUT2D eigenvalue weighted by molar-refractivity contribution is 5.62.